The van der Waals surface area contributed by atoms with Crippen LogP contribution in [0.4, 0.5) is 8.78 Å². The number of amidine groups is 1. The maximum atomic E-state index is 12.4. The number of methoxy groups -OCH3 is 1. The van der Waals surface area contributed by atoms with Crippen molar-refractivity contribution in [3.8, 4) is 11.5 Å². The van der Waals surface area contributed by atoms with Crippen molar-refractivity contribution in [3.63, 3.8) is 0 Å². The average molecular weight is 407 g/mol. The van der Waals surface area contributed by atoms with E-state index in [-0.39, 0.29) is 29.8 Å². The van der Waals surface area contributed by atoms with Crippen LogP contribution in [-0.2, 0) is 16.1 Å². The third kappa shape index (κ3) is 7.65. The summed E-state index contributed by atoms with van der Waals surface area (Å²) in [5.41, 5.74) is 7.36. The maximum absolute atomic E-state index is 12.4. The lowest BCUT2D eigenvalue weighted by molar-refractivity contribution is -0.125. The van der Waals surface area contributed by atoms with Crippen molar-refractivity contribution in [2.24, 2.45) is 10.9 Å². The number of carbonyl (C=O) groups is 1. The number of carbonyl (C=O) groups excluding carboxylic acids is 1. The Bertz CT molecular complexity index is 817. The maximum Gasteiger partial charge on any atom is 0.387 e. The summed E-state index contributed by atoms with van der Waals surface area (Å²) in [6, 6.07) is 14.0. The predicted molar refractivity (Wildman–Crippen MR) is 104 cm³/mol. The van der Waals surface area contributed by atoms with Gasteiger partial charge in [-0.2, -0.15) is 8.78 Å². The zero-order valence-corrected chi connectivity index (χ0v) is 15.9. The van der Waals surface area contributed by atoms with Crippen LogP contribution in [0.15, 0.2) is 53.7 Å². The van der Waals surface area contributed by atoms with Gasteiger partial charge in [0.1, 0.15) is 0 Å². The lowest BCUT2D eigenvalue weighted by atomic mass is 10.1. The number of rotatable bonds is 11. The molecule has 0 aliphatic rings. The molecule has 2 aromatic carbocycles. The third-order valence-corrected chi connectivity index (χ3v) is 3.84. The van der Waals surface area contributed by atoms with Crippen molar-refractivity contribution in [3.05, 3.63) is 59.7 Å². The molecule has 29 heavy (non-hydrogen) atoms. The first kappa shape index (κ1) is 21.9. The monoisotopic (exact) mass is 407 g/mol. The molecular formula is C20H23F2N3O4. The SMILES string of the molecule is COc1cc(C(N)=NOCC(=O)NCCCc2ccccc2)ccc1OC(F)F. The summed E-state index contributed by atoms with van der Waals surface area (Å²) in [6.45, 7) is -2.76. The summed E-state index contributed by atoms with van der Waals surface area (Å²) in [6.07, 6.45) is 1.66. The number of nitrogens with zero attached hydrogens (tertiary/aromatic N) is 1. The fourth-order valence-corrected chi connectivity index (χ4v) is 2.45. The molecule has 156 valence electrons. The number of hydrogen-bond acceptors (Lipinski definition) is 5. The zero-order valence-electron chi connectivity index (χ0n) is 15.9. The first-order chi connectivity index (χ1) is 14.0. The van der Waals surface area contributed by atoms with E-state index in [9.17, 15) is 13.6 Å². The summed E-state index contributed by atoms with van der Waals surface area (Å²) in [5.74, 6) is -0.427. The van der Waals surface area contributed by atoms with Crippen LogP contribution in [0, 0.1) is 0 Å². The van der Waals surface area contributed by atoms with Crippen LogP contribution in [0.5, 0.6) is 11.5 Å². The molecule has 0 saturated heterocycles. The normalized spacial score (nSPS) is 11.2. The van der Waals surface area contributed by atoms with Crippen LogP contribution in [0.1, 0.15) is 17.5 Å². The number of nitrogens with two attached hydrogens (primary N) is 1. The molecule has 0 aromatic heterocycles. The van der Waals surface area contributed by atoms with Crippen LogP contribution in [0.3, 0.4) is 0 Å². The lowest BCUT2D eigenvalue weighted by Crippen LogP contribution is -2.28. The van der Waals surface area contributed by atoms with Crippen LogP contribution in [0.25, 0.3) is 0 Å². The first-order valence-corrected chi connectivity index (χ1v) is 8.89. The van der Waals surface area contributed by atoms with Gasteiger partial charge in [0.15, 0.2) is 23.9 Å². The van der Waals surface area contributed by atoms with E-state index in [2.05, 4.69) is 15.2 Å². The third-order valence-electron chi connectivity index (χ3n) is 3.84. The molecule has 0 radical (unpaired) electrons. The molecule has 0 fully saturated rings. The van der Waals surface area contributed by atoms with E-state index in [0.717, 1.165) is 12.8 Å². The van der Waals surface area contributed by atoms with Crippen LogP contribution in [-0.4, -0.2) is 38.6 Å². The Labute approximate surface area is 167 Å². The summed E-state index contributed by atoms with van der Waals surface area (Å²) in [4.78, 5) is 16.7. The molecule has 2 aromatic rings. The Morgan fingerprint density at radius 1 is 1.17 bits per heavy atom. The van der Waals surface area contributed by atoms with Gasteiger partial charge in [0, 0.05) is 12.1 Å². The molecule has 0 heterocycles. The van der Waals surface area contributed by atoms with Crippen molar-refractivity contribution in [2.45, 2.75) is 19.5 Å². The van der Waals surface area contributed by atoms with Gasteiger partial charge in [-0.3, -0.25) is 4.79 Å². The number of halogens is 2. The molecule has 0 spiro atoms. The number of nitrogens with one attached hydrogen (secondary N) is 1. The quantitative estimate of drug-likeness (QED) is 0.258. The molecule has 0 aliphatic heterocycles. The molecule has 0 bridgehead atoms. The number of benzene rings is 2. The molecule has 3 N–H and O–H groups in total. The largest absolute Gasteiger partial charge is 0.493 e. The zero-order chi connectivity index (χ0) is 21.1. The highest BCUT2D eigenvalue weighted by molar-refractivity contribution is 5.97. The second-order valence-electron chi connectivity index (χ2n) is 5.93. The minimum absolute atomic E-state index is 0.0382. The molecule has 7 nitrogen and oxygen atoms in total. The molecule has 0 atom stereocenters. The highest BCUT2D eigenvalue weighted by Crippen LogP contribution is 2.29. The molecule has 2 rings (SSSR count). The Kier molecular flexibility index (Phi) is 8.68. The molecule has 0 saturated carbocycles. The van der Waals surface area contributed by atoms with Gasteiger partial charge in [0.25, 0.3) is 5.91 Å². The Balaban J connectivity index is 1.76. The summed E-state index contributed by atoms with van der Waals surface area (Å²) in [7, 11) is 1.31. The Hall–Kier alpha value is -3.36. The minimum atomic E-state index is -2.98. The highest BCUT2D eigenvalue weighted by Gasteiger charge is 2.12. The predicted octanol–water partition coefficient (Wildman–Crippen LogP) is 2.68. The molecule has 0 unspecified atom stereocenters. The number of oxime groups is 1. The summed E-state index contributed by atoms with van der Waals surface area (Å²) >= 11 is 0. The Morgan fingerprint density at radius 2 is 1.93 bits per heavy atom. The minimum Gasteiger partial charge on any atom is -0.493 e. The van der Waals surface area contributed by atoms with E-state index in [1.54, 1.807) is 0 Å². The van der Waals surface area contributed by atoms with Crippen LogP contribution >= 0.6 is 0 Å². The number of aryl methyl sites for hydroxylation is 1. The molecule has 0 aliphatic carbocycles. The second-order valence-corrected chi connectivity index (χ2v) is 5.93. The van der Waals surface area contributed by atoms with Crippen molar-refractivity contribution < 1.29 is 27.9 Å². The van der Waals surface area contributed by atoms with Crippen molar-refractivity contribution in [1.82, 2.24) is 5.32 Å². The van der Waals surface area contributed by atoms with E-state index in [1.165, 1.54) is 30.9 Å². The standard InChI is InChI=1S/C20H23F2N3O4/c1-27-17-12-15(9-10-16(17)29-20(21)22)19(23)25-28-13-18(26)24-11-5-8-14-6-3-2-4-7-14/h2-4,6-7,9-10,12,20H,5,8,11,13H2,1H3,(H2,23,25)(H,24,26). The second kappa shape index (κ2) is 11.5. The molecular weight excluding hydrogens is 384 g/mol. The van der Waals surface area contributed by atoms with Gasteiger partial charge < -0.3 is 25.4 Å². The average Bonchev–Trinajstić information content (AvgIpc) is 2.71. The highest BCUT2D eigenvalue weighted by atomic mass is 19.3. The number of alkyl halides is 2. The molecule has 1 amide bonds. The Morgan fingerprint density at radius 3 is 2.62 bits per heavy atom. The number of amides is 1. The van der Waals surface area contributed by atoms with Gasteiger partial charge in [-0.1, -0.05) is 35.5 Å². The van der Waals surface area contributed by atoms with Gasteiger partial charge in [0.2, 0.25) is 0 Å². The van der Waals surface area contributed by atoms with Crippen LogP contribution in [0.2, 0.25) is 0 Å². The molecule has 9 heteroatoms. The van der Waals surface area contributed by atoms with E-state index >= 15 is 0 Å². The van der Waals surface area contributed by atoms with E-state index in [0.29, 0.717) is 12.1 Å². The summed E-state index contributed by atoms with van der Waals surface area (Å²) < 4.78 is 34.0. The first-order valence-electron chi connectivity index (χ1n) is 8.89. The smallest absolute Gasteiger partial charge is 0.387 e. The van der Waals surface area contributed by atoms with Crippen LogP contribution < -0.4 is 20.5 Å². The fourth-order valence-electron chi connectivity index (χ4n) is 2.45. The van der Waals surface area contributed by atoms with Gasteiger partial charge in [-0.25, -0.2) is 0 Å². The summed E-state index contributed by atoms with van der Waals surface area (Å²) in [5, 5.41) is 6.39. The van der Waals surface area contributed by atoms with E-state index in [1.807, 2.05) is 30.3 Å². The van der Waals surface area contributed by atoms with Crippen molar-refractivity contribution in [2.75, 3.05) is 20.3 Å². The van der Waals surface area contributed by atoms with Gasteiger partial charge >= 0.3 is 6.61 Å². The number of ether oxygens (including phenoxy) is 2. The fraction of sp³-hybridized carbons (Fsp3) is 0.300. The van der Waals surface area contributed by atoms with E-state index in [4.69, 9.17) is 15.3 Å². The van der Waals surface area contributed by atoms with Crippen molar-refractivity contribution >= 4 is 11.7 Å². The number of hydrogen-bond donors (Lipinski definition) is 2. The van der Waals surface area contributed by atoms with Gasteiger partial charge in [-0.05, 0) is 36.6 Å². The van der Waals surface area contributed by atoms with Gasteiger partial charge in [-0.15, -0.1) is 0 Å². The van der Waals surface area contributed by atoms with E-state index < -0.39 is 6.61 Å². The topological polar surface area (TPSA) is 95.2 Å². The van der Waals surface area contributed by atoms with Gasteiger partial charge in [0.05, 0.1) is 7.11 Å². The van der Waals surface area contributed by atoms with Crippen molar-refractivity contribution in [1.29, 1.82) is 0 Å². The lowest BCUT2D eigenvalue weighted by Gasteiger charge is -2.11.